The molecule has 9 heteroatoms. The van der Waals surface area contributed by atoms with E-state index in [1.807, 2.05) is 19.2 Å². The monoisotopic (exact) mass is 412 g/mol. The number of rotatable bonds is 3. The van der Waals surface area contributed by atoms with Crippen molar-refractivity contribution in [1.29, 1.82) is 0 Å². The second-order valence-electron chi connectivity index (χ2n) is 7.73. The number of hydrogen-bond donors (Lipinski definition) is 0. The summed E-state index contributed by atoms with van der Waals surface area (Å²) in [5, 5.41) is 5.15. The van der Waals surface area contributed by atoms with Gasteiger partial charge in [-0.3, -0.25) is 4.68 Å². The van der Waals surface area contributed by atoms with Crippen molar-refractivity contribution in [3.63, 3.8) is 0 Å². The fourth-order valence-electron chi connectivity index (χ4n) is 4.36. The third-order valence-electron chi connectivity index (χ3n) is 6.00. The van der Waals surface area contributed by atoms with E-state index in [0.717, 1.165) is 36.1 Å². The van der Waals surface area contributed by atoms with Crippen LogP contribution in [-0.2, 0) is 29.9 Å². The summed E-state index contributed by atoms with van der Waals surface area (Å²) in [6.45, 7) is 2.05. The first kappa shape index (κ1) is 18.5. The van der Waals surface area contributed by atoms with Gasteiger partial charge in [0.2, 0.25) is 10.0 Å². The van der Waals surface area contributed by atoms with Gasteiger partial charge in [-0.05, 0) is 48.9 Å². The summed E-state index contributed by atoms with van der Waals surface area (Å²) in [7, 11) is -1.63. The summed E-state index contributed by atoms with van der Waals surface area (Å²) in [6.07, 6.45) is 7.65. The first-order chi connectivity index (χ1) is 14.0. The molecule has 29 heavy (non-hydrogen) atoms. The van der Waals surface area contributed by atoms with Gasteiger partial charge in [0.1, 0.15) is 12.1 Å². The Balaban J connectivity index is 1.36. The largest absolute Gasteiger partial charge is 0.353 e. The Labute approximate surface area is 170 Å². The van der Waals surface area contributed by atoms with Crippen molar-refractivity contribution in [3.8, 4) is 0 Å². The van der Waals surface area contributed by atoms with Crippen LogP contribution in [0.4, 0.5) is 5.82 Å². The summed E-state index contributed by atoms with van der Waals surface area (Å²) < 4.78 is 29.7. The number of aromatic nitrogens is 4. The zero-order valence-corrected chi connectivity index (χ0v) is 17.3. The van der Waals surface area contributed by atoms with Crippen LogP contribution in [0.15, 0.2) is 35.6 Å². The standard InChI is InChI=1S/C20H24N6O2S/c1-24-19-18(13-23-24)20(22-14-21-19)25-8-10-26(11-9-25)29(27,28)17-7-6-15-4-2-3-5-16(15)12-17/h6-7,12-14H,2-5,8-11H2,1H3. The molecule has 1 aromatic carbocycles. The van der Waals surface area contributed by atoms with E-state index in [1.54, 1.807) is 21.3 Å². The zero-order valence-electron chi connectivity index (χ0n) is 16.5. The molecule has 0 spiro atoms. The van der Waals surface area contributed by atoms with E-state index in [1.165, 1.54) is 23.9 Å². The zero-order chi connectivity index (χ0) is 20.0. The third kappa shape index (κ3) is 3.18. The quantitative estimate of drug-likeness (QED) is 0.652. The van der Waals surface area contributed by atoms with Crippen LogP contribution in [0.2, 0.25) is 0 Å². The number of sulfonamides is 1. The van der Waals surface area contributed by atoms with E-state index in [0.29, 0.717) is 31.1 Å². The van der Waals surface area contributed by atoms with Crippen LogP contribution < -0.4 is 4.90 Å². The van der Waals surface area contributed by atoms with Crippen molar-refractivity contribution in [1.82, 2.24) is 24.1 Å². The molecule has 1 fully saturated rings. The number of hydrogen-bond acceptors (Lipinski definition) is 6. The molecular weight excluding hydrogens is 388 g/mol. The van der Waals surface area contributed by atoms with Crippen molar-refractivity contribution in [2.45, 2.75) is 30.6 Å². The maximum atomic E-state index is 13.2. The first-order valence-corrected chi connectivity index (χ1v) is 11.5. The van der Waals surface area contributed by atoms with Crippen LogP contribution in [0.1, 0.15) is 24.0 Å². The maximum Gasteiger partial charge on any atom is 0.243 e. The fraction of sp³-hybridized carbons (Fsp3) is 0.450. The molecule has 0 radical (unpaired) electrons. The minimum atomic E-state index is -3.48. The minimum absolute atomic E-state index is 0.420. The summed E-state index contributed by atoms with van der Waals surface area (Å²) in [5.74, 6) is 0.814. The topological polar surface area (TPSA) is 84.2 Å². The molecule has 5 rings (SSSR count). The number of aryl methyl sites for hydroxylation is 3. The number of fused-ring (bicyclic) bond motifs is 2. The van der Waals surface area contributed by atoms with Crippen LogP contribution in [-0.4, -0.2) is 58.7 Å². The van der Waals surface area contributed by atoms with Gasteiger partial charge >= 0.3 is 0 Å². The average Bonchev–Trinajstić information content (AvgIpc) is 3.14. The highest BCUT2D eigenvalue weighted by Crippen LogP contribution is 2.28. The van der Waals surface area contributed by atoms with Crippen LogP contribution in [0.25, 0.3) is 11.0 Å². The summed E-state index contributed by atoms with van der Waals surface area (Å²) in [4.78, 5) is 11.2. The summed E-state index contributed by atoms with van der Waals surface area (Å²) in [5.41, 5.74) is 3.26. The van der Waals surface area contributed by atoms with E-state index in [2.05, 4.69) is 20.0 Å². The number of nitrogens with zero attached hydrogens (tertiary/aromatic N) is 6. The smallest absolute Gasteiger partial charge is 0.243 e. The molecule has 0 atom stereocenters. The average molecular weight is 413 g/mol. The van der Waals surface area contributed by atoms with Gasteiger partial charge in [0, 0.05) is 33.2 Å². The van der Waals surface area contributed by atoms with Crippen LogP contribution in [0.5, 0.6) is 0 Å². The number of benzene rings is 1. The van der Waals surface area contributed by atoms with E-state index in [-0.39, 0.29) is 0 Å². The molecule has 2 aliphatic rings. The highest BCUT2D eigenvalue weighted by atomic mass is 32.2. The lowest BCUT2D eigenvalue weighted by atomic mass is 9.92. The predicted octanol–water partition coefficient (Wildman–Crippen LogP) is 1.75. The molecule has 0 bridgehead atoms. The Morgan fingerprint density at radius 2 is 1.72 bits per heavy atom. The molecule has 152 valence electrons. The fourth-order valence-corrected chi connectivity index (χ4v) is 5.83. The molecule has 1 aliphatic carbocycles. The Kier molecular flexibility index (Phi) is 4.51. The molecule has 0 amide bonds. The molecule has 3 aromatic rings. The Morgan fingerprint density at radius 3 is 2.52 bits per heavy atom. The van der Waals surface area contributed by atoms with Gasteiger partial charge < -0.3 is 4.90 Å². The van der Waals surface area contributed by atoms with Gasteiger partial charge in [-0.25, -0.2) is 18.4 Å². The first-order valence-electron chi connectivity index (χ1n) is 10.0. The molecule has 2 aromatic heterocycles. The molecule has 3 heterocycles. The van der Waals surface area contributed by atoms with E-state index in [4.69, 9.17) is 0 Å². The molecule has 0 saturated carbocycles. The van der Waals surface area contributed by atoms with Crippen LogP contribution in [0.3, 0.4) is 0 Å². The van der Waals surface area contributed by atoms with Gasteiger partial charge in [0.15, 0.2) is 5.65 Å². The lowest BCUT2D eigenvalue weighted by Gasteiger charge is -2.35. The van der Waals surface area contributed by atoms with Gasteiger partial charge in [0.05, 0.1) is 16.5 Å². The molecule has 1 saturated heterocycles. The summed E-state index contributed by atoms with van der Waals surface area (Å²) >= 11 is 0. The Hall–Kier alpha value is -2.52. The second-order valence-corrected chi connectivity index (χ2v) is 9.67. The van der Waals surface area contributed by atoms with Crippen molar-refractivity contribution in [3.05, 3.63) is 41.9 Å². The molecule has 0 N–H and O–H groups in total. The van der Waals surface area contributed by atoms with Crippen LogP contribution >= 0.6 is 0 Å². The van der Waals surface area contributed by atoms with Gasteiger partial charge in [-0.15, -0.1) is 0 Å². The van der Waals surface area contributed by atoms with E-state index < -0.39 is 10.0 Å². The van der Waals surface area contributed by atoms with Crippen molar-refractivity contribution >= 4 is 26.9 Å². The molecule has 1 aliphatic heterocycles. The highest BCUT2D eigenvalue weighted by Gasteiger charge is 2.30. The normalized spacial score (nSPS) is 18.2. The van der Waals surface area contributed by atoms with Gasteiger partial charge in [-0.1, -0.05) is 6.07 Å². The van der Waals surface area contributed by atoms with E-state index in [9.17, 15) is 8.42 Å². The Morgan fingerprint density at radius 1 is 0.966 bits per heavy atom. The lowest BCUT2D eigenvalue weighted by molar-refractivity contribution is 0.384. The van der Waals surface area contributed by atoms with Crippen molar-refractivity contribution < 1.29 is 8.42 Å². The SMILES string of the molecule is Cn1ncc2c(N3CCN(S(=O)(=O)c4ccc5c(c4)CCCC5)CC3)ncnc21. The van der Waals surface area contributed by atoms with E-state index >= 15 is 0 Å². The molecular formula is C20H24N6O2S. The summed E-state index contributed by atoms with van der Waals surface area (Å²) in [6, 6.07) is 5.66. The number of piperazine rings is 1. The lowest BCUT2D eigenvalue weighted by Crippen LogP contribution is -2.49. The molecule has 8 nitrogen and oxygen atoms in total. The van der Waals surface area contributed by atoms with Gasteiger partial charge in [0.25, 0.3) is 0 Å². The van der Waals surface area contributed by atoms with Crippen molar-refractivity contribution in [2.24, 2.45) is 7.05 Å². The molecule has 0 unspecified atom stereocenters. The predicted molar refractivity (Wildman–Crippen MR) is 110 cm³/mol. The second kappa shape index (κ2) is 7.07. The van der Waals surface area contributed by atoms with Crippen LogP contribution in [0, 0.1) is 0 Å². The number of anilines is 1. The van der Waals surface area contributed by atoms with Gasteiger partial charge in [-0.2, -0.15) is 9.40 Å². The maximum absolute atomic E-state index is 13.2. The third-order valence-corrected chi connectivity index (χ3v) is 7.90. The van der Waals surface area contributed by atoms with Crippen molar-refractivity contribution in [2.75, 3.05) is 31.1 Å². The Bertz CT molecular complexity index is 1160. The minimum Gasteiger partial charge on any atom is -0.353 e. The highest BCUT2D eigenvalue weighted by molar-refractivity contribution is 7.89.